The summed E-state index contributed by atoms with van der Waals surface area (Å²) in [7, 11) is 0. The summed E-state index contributed by atoms with van der Waals surface area (Å²) < 4.78 is 7.06. The fourth-order valence-electron chi connectivity index (χ4n) is 1.79. The quantitative estimate of drug-likeness (QED) is 0.258. The number of aromatic amines is 1. The van der Waals surface area contributed by atoms with Crippen molar-refractivity contribution in [3.05, 3.63) is 97.8 Å². The number of ether oxygens (including phenoxy) is 1. The molecule has 0 aliphatic carbocycles. The molecule has 4 aromatic rings. The number of nitrogens with one attached hydrogen (secondary N) is 1. The molecule has 0 aromatic carbocycles. The minimum atomic E-state index is -0.126. The summed E-state index contributed by atoms with van der Waals surface area (Å²) in [6.07, 6.45) is 6.29. The van der Waals surface area contributed by atoms with Gasteiger partial charge in [-0.2, -0.15) is 0 Å². The molecule has 168 valence electrons. The normalized spacial score (nSPS) is 9.22. The number of anilines is 2. The van der Waals surface area contributed by atoms with Crippen LogP contribution in [-0.2, 0) is 0 Å². The van der Waals surface area contributed by atoms with Crippen molar-refractivity contribution in [2.45, 2.75) is 0 Å². The molecule has 0 unspecified atom stereocenters. The molecule has 0 spiro atoms. The highest BCUT2D eigenvalue weighted by molar-refractivity contribution is 9.10. The number of aromatic nitrogens is 4. The number of rotatable bonds is 2. The second-order valence-electron chi connectivity index (χ2n) is 5.58. The first-order valence-corrected chi connectivity index (χ1v) is 10.5. The van der Waals surface area contributed by atoms with Crippen molar-refractivity contribution in [3.8, 4) is 11.8 Å². The molecule has 0 saturated heterocycles. The highest BCUT2D eigenvalue weighted by Crippen LogP contribution is 2.25. The maximum atomic E-state index is 10.3. The molecular formula is C20H18Br2Cl2N6O2. The minimum absolute atomic E-state index is 0. The van der Waals surface area contributed by atoms with Crippen LogP contribution in [0.1, 0.15) is 0 Å². The molecule has 0 radical (unpaired) electrons. The van der Waals surface area contributed by atoms with Gasteiger partial charge in [0, 0.05) is 36.4 Å². The van der Waals surface area contributed by atoms with Crippen LogP contribution in [0.2, 0.25) is 5.15 Å². The predicted octanol–water partition coefficient (Wildman–Crippen LogP) is 5.49. The number of nitrogens with two attached hydrogens (primary N) is 2. The van der Waals surface area contributed by atoms with Gasteiger partial charge in [0.25, 0.3) is 0 Å². The zero-order valence-electron chi connectivity index (χ0n) is 16.3. The van der Waals surface area contributed by atoms with Crippen LogP contribution in [0.5, 0.6) is 11.8 Å². The third-order valence-electron chi connectivity index (χ3n) is 3.21. The average Bonchev–Trinajstić information content (AvgIpc) is 2.77. The summed E-state index contributed by atoms with van der Waals surface area (Å²) >= 11 is 12.1. The van der Waals surface area contributed by atoms with E-state index in [4.69, 9.17) is 27.8 Å². The zero-order valence-corrected chi connectivity index (χ0v) is 21.0. The Bertz CT molecular complexity index is 1120. The lowest BCUT2D eigenvalue weighted by atomic mass is 10.4. The van der Waals surface area contributed by atoms with Crippen molar-refractivity contribution >= 4 is 67.2 Å². The monoisotopic (exact) mass is 602 g/mol. The van der Waals surface area contributed by atoms with Gasteiger partial charge in [0.05, 0.1) is 20.8 Å². The Hall–Kier alpha value is -2.66. The lowest BCUT2D eigenvalue weighted by Gasteiger charge is -2.04. The van der Waals surface area contributed by atoms with Gasteiger partial charge in [0.1, 0.15) is 5.15 Å². The smallest absolute Gasteiger partial charge is 0.248 e. The summed E-state index contributed by atoms with van der Waals surface area (Å²) in [4.78, 5) is 24.6. The third-order valence-corrected chi connectivity index (χ3v) is 4.98. The Balaban J connectivity index is 0.000000257. The van der Waals surface area contributed by atoms with E-state index in [1.807, 2.05) is 24.3 Å². The predicted molar refractivity (Wildman–Crippen MR) is 136 cm³/mol. The van der Waals surface area contributed by atoms with Crippen molar-refractivity contribution < 1.29 is 4.74 Å². The molecule has 5 N–H and O–H groups in total. The lowest BCUT2D eigenvalue weighted by molar-refractivity contribution is 0.442. The highest BCUT2D eigenvalue weighted by atomic mass is 79.9. The van der Waals surface area contributed by atoms with E-state index in [-0.39, 0.29) is 18.0 Å². The molecule has 4 heterocycles. The van der Waals surface area contributed by atoms with E-state index in [1.54, 1.807) is 30.6 Å². The van der Waals surface area contributed by atoms with E-state index in [1.165, 1.54) is 18.5 Å². The fourth-order valence-corrected chi connectivity index (χ4v) is 2.50. The van der Waals surface area contributed by atoms with Gasteiger partial charge >= 0.3 is 0 Å². The molecule has 0 aliphatic heterocycles. The highest BCUT2D eigenvalue weighted by Gasteiger charge is 2.03. The molecule has 32 heavy (non-hydrogen) atoms. The summed E-state index contributed by atoms with van der Waals surface area (Å²) in [5, 5.41) is 0.507. The Morgan fingerprint density at radius 3 is 2.00 bits per heavy atom. The van der Waals surface area contributed by atoms with Crippen molar-refractivity contribution in [1.82, 2.24) is 19.9 Å². The Morgan fingerprint density at radius 1 is 0.875 bits per heavy atom. The molecule has 0 amide bonds. The Labute approximate surface area is 212 Å². The number of halogens is 4. The van der Waals surface area contributed by atoms with Crippen LogP contribution in [0, 0.1) is 0 Å². The summed E-state index contributed by atoms with van der Waals surface area (Å²) in [6, 6.07) is 13.7. The minimum Gasteiger partial charge on any atom is -0.419 e. The van der Waals surface area contributed by atoms with Crippen LogP contribution in [0.15, 0.2) is 87.1 Å². The van der Waals surface area contributed by atoms with E-state index >= 15 is 0 Å². The van der Waals surface area contributed by atoms with E-state index in [2.05, 4.69) is 51.8 Å². The van der Waals surface area contributed by atoms with Crippen molar-refractivity contribution in [3.63, 3.8) is 0 Å². The second-order valence-corrected chi connectivity index (χ2v) is 7.65. The SMILES string of the molecule is Cl.Clc1ncccc1Br.Nc1ccc(=O)[nH]c1.Nc1ccc(Oc2ncccc2Br)nc1. The Kier molecular flexibility index (Phi) is 12.3. The largest absolute Gasteiger partial charge is 0.419 e. The van der Waals surface area contributed by atoms with Crippen LogP contribution < -0.4 is 21.8 Å². The van der Waals surface area contributed by atoms with Gasteiger partial charge in [-0.15, -0.1) is 12.4 Å². The van der Waals surface area contributed by atoms with Gasteiger partial charge in [-0.25, -0.2) is 15.0 Å². The summed E-state index contributed by atoms with van der Waals surface area (Å²) in [5.74, 6) is 0.943. The van der Waals surface area contributed by atoms with Crippen LogP contribution in [0.3, 0.4) is 0 Å². The molecule has 12 heteroatoms. The number of hydrogen-bond acceptors (Lipinski definition) is 7. The molecule has 0 saturated carbocycles. The summed E-state index contributed by atoms with van der Waals surface area (Å²) in [5.41, 5.74) is 11.8. The first-order valence-electron chi connectivity index (χ1n) is 8.55. The van der Waals surface area contributed by atoms with Gasteiger partial charge in [-0.1, -0.05) is 11.6 Å². The molecule has 0 fully saturated rings. The van der Waals surface area contributed by atoms with Crippen LogP contribution in [0.4, 0.5) is 11.4 Å². The molecule has 0 atom stereocenters. The first kappa shape index (κ1) is 27.4. The molecule has 0 bridgehead atoms. The molecule has 4 rings (SSSR count). The topological polar surface area (TPSA) is 133 Å². The number of nitrogen functional groups attached to an aromatic ring is 2. The molecule has 0 aliphatic rings. The lowest BCUT2D eigenvalue weighted by Crippen LogP contribution is -2.02. The zero-order chi connectivity index (χ0) is 22.6. The fraction of sp³-hybridized carbons (Fsp3) is 0. The van der Waals surface area contributed by atoms with Crippen molar-refractivity contribution in [1.29, 1.82) is 0 Å². The van der Waals surface area contributed by atoms with E-state index in [9.17, 15) is 4.79 Å². The van der Waals surface area contributed by atoms with Gasteiger partial charge in [0.15, 0.2) is 0 Å². The van der Waals surface area contributed by atoms with E-state index in [0.717, 1.165) is 8.95 Å². The van der Waals surface area contributed by atoms with Gasteiger partial charge in [0.2, 0.25) is 17.3 Å². The van der Waals surface area contributed by atoms with E-state index < -0.39 is 0 Å². The maximum Gasteiger partial charge on any atom is 0.248 e. The molecular weight excluding hydrogens is 587 g/mol. The first-order chi connectivity index (χ1) is 14.8. The number of pyridine rings is 4. The second kappa shape index (κ2) is 14.4. The van der Waals surface area contributed by atoms with Crippen molar-refractivity contribution in [2.75, 3.05) is 11.5 Å². The van der Waals surface area contributed by atoms with Gasteiger partial charge in [-0.05, 0) is 68.3 Å². The summed E-state index contributed by atoms with van der Waals surface area (Å²) in [6.45, 7) is 0. The van der Waals surface area contributed by atoms with Gasteiger partial charge in [-0.3, -0.25) is 4.79 Å². The number of H-pyrrole nitrogens is 1. The van der Waals surface area contributed by atoms with Crippen LogP contribution in [0.25, 0.3) is 0 Å². The van der Waals surface area contributed by atoms with Crippen molar-refractivity contribution in [2.24, 2.45) is 0 Å². The third kappa shape index (κ3) is 10.1. The Morgan fingerprint density at radius 2 is 1.53 bits per heavy atom. The molecule has 4 aromatic heterocycles. The number of hydrogen-bond donors (Lipinski definition) is 3. The molecule has 8 nitrogen and oxygen atoms in total. The van der Waals surface area contributed by atoms with E-state index in [0.29, 0.717) is 28.3 Å². The number of nitrogens with zero attached hydrogens (tertiary/aromatic N) is 3. The van der Waals surface area contributed by atoms with Crippen LogP contribution in [-0.4, -0.2) is 19.9 Å². The van der Waals surface area contributed by atoms with Crippen LogP contribution >= 0.6 is 55.9 Å². The average molecular weight is 605 g/mol. The van der Waals surface area contributed by atoms with Gasteiger partial charge < -0.3 is 21.2 Å². The maximum absolute atomic E-state index is 10.3. The standard InChI is InChI=1S/C10H8BrN3O.C5H3BrClN.C5H6N2O.ClH/c11-8-2-1-5-13-10(8)15-9-4-3-7(12)6-14-9;6-4-2-1-3-8-5(4)7;6-4-1-2-5(8)7-3-4;/h1-6H,12H2;1-3H;1-3H,6H2,(H,7,8);1H.